The first kappa shape index (κ1) is 12.6. The number of hydrogen-bond donors (Lipinski definition) is 2. The van der Waals surface area contributed by atoms with Gasteiger partial charge in [0.15, 0.2) is 0 Å². The molecule has 0 amide bonds. The van der Waals surface area contributed by atoms with Crippen LogP contribution in [-0.4, -0.2) is 12.1 Å². The van der Waals surface area contributed by atoms with Crippen molar-refractivity contribution in [2.75, 3.05) is 18.2 Å². The Morgan fingerprint density at radius 3 is 2.83 bits per heavy atom. The highest BCUT2D eigenvalue weighted by molar-refractivity contribution is 9.10. The number of nitrogens with zero attached hydrogens (tertiary/aromatic N) is 1. The van der Waals surface area contributed by atoms with Gasteiger partial charge in [-0.3, -0.25) is 4.98 Å². The third-order valence-electron chi connectivity index (χ3n) is 2.36. The molecule has 18 heavy (non-hydrogen) atoms. The lowest BCUT2D eigenvalue weighted by Gasteiger charge is -2.12. The van der Waals surface area contributed by atoms with Crippen LogP contribution in [0, 0.1) is 5.82 Å². The van der Waals surface area contributed by atoms with Crippen molar-refractivity contribution in [3.8, 4) is 5.75 Å². The number of methoxy groups -OCH3 is 1. The van der Waals surface area contributed by atoms with E-state index in [1.165, 1.54) is 19.4 Å². The van der Waals surface area contributed by atoms with Gasteiger partial charge in [0.25, 0.3) is 0 Å². The van der Waals surface area contributed by atoms with E-state index >= 15 is 0 Å². The number of nitrogens with two attached hydrogens (primary N) is 1. The smallest absolute Gasteiger partial charge is 0.146 e. The third kappa shape index (κ3) is 2.53. The Morgan fingerprint density at radius 2 is 2.17 bits per heavy atom. The number of hydrogen-bond acceptors (Lipinski definition) is 4. The summed E-state index contributed by atoms with van der Waals surface area (Å²) in [6.45, 7) is 0. The summed E-state index contributed by atoms with van der Waals surface area (Å²) in [6.07, 6.45) is 3.07. The molecule has 0 saturated carbocycles. The van der Waals surface area contributed by atoms with Crippen LogP contribution in [-0.2, 0) is 0 Å². The van der Waals surface area contributed by atoms with E-state index in [0.29, 0.717) is 21.6 Å². The van der Waals surface area contributed by atoms with Crippen molar-refractivity contribution < 1.29 is 9.13 Å². The zero-order valence-electron chi connectivity index (χ0n) is 9.58. The summed E-state index contributed by atoms with van der Waals surface area (Å²) in [4.78, 5) is 3.91. The second-order valence-electron chi connectivity index (χ2n) is 3.56. The zero-order chi connectivity index (χ0) is 13.1. The maximum Gasteiger partial charge on any atom is 0.146 e. The highest BCUT2D eigenvalue weighted by Crippen LogP contribution is 2.32. The number of pyridine rings is 1. The number of ether oxygens (including phenoxy) is 1. The van der Waals surface area contributed by atoms with Gasteiger partial charge in [-0.05, 0) is 28.1 Å². The van der Waals surface area contributed by atoms with Crippen LogP contribution in [0.25, 0.3) is 0 Å². The molecule has 0 bridgehead atoms. The zero-order valence-corrected chi connectivity index (χ0v) is 11.2. The van der Waals surface area contributed by atoms with Gasteiger partial charge in [0.2, 0.25) is 0 Å². The van der Waals surface area contributed by atoms with Gasteiger partial charge in [-0.2, -0.15) is 0 Å². The number of nitrogen functional groups attached to an aromatic ring is 1. The monoisotopic (exact) mass is 311 g/mol. The lowest BCUT2D eigenvalue weighted by Crippen LogP contribution is -2.00. The molecule has 1 aromatic carbocycles. The largest absolute Gasteiger partial charge is 0.497 e. The van der Waals surface area contributed by atoms with Crippen molar-refractivity contribution >= 4 is 33.0 Å². The summed E-state index contributed by atoms with van der Waals surface area (Å²) in [5.41, 5.74) is 7.06. The lowest BCUT2D eigenvalue weighted by molar-refractivity contribution is 0.414. The SMILES string of the molecule is COc1ccc(F)c(Nc2c(N)cncc2Br)c1. The van der Waals surface area contributed by atoms with Crippen molar-refractivity contribution in [3.63, 3.8) is 0 Å². The van der Waals surface area contributed by atoms with Gasteiger partial charge in [-0.1, -0.05) is 0 Å². The average molecular weight is 312 g/mol. The summed E-state index contributed by atoms with van der Waals surface area (Å²) in [5.74, 6) is 0.168. The van der Waals surface area contributed by atoms with Gasteiger partial charge >= 0.3 is 0 Å². The Balaban J connectivity index is 2.39. The molecule has 6 heteroatoms. The summed E-state index contributed by atoms with van der Waals surface area (Å²) < 4.78 is 19.4. The van der Waals surface area contributed by atoms with Crippen LogP contribution in [0.3, 0.4) is 0 Å². The van der Waals surface area contributed by atoms with Crippen LogP contribution in [0.2, 0.25) is 0 Å². The minimum absolute atomic E-state index is 0.285. The molecule has 1 aromatic heterocycles. The predicted molar refractivity (Wildman–Crippen MR) is 72.6 cm³/mol. The number of rotatable bonds is 3. The topological polar surface area (TPSA) is 60.2 Å². The summed E-state index contributed by atoms with van der Waals surface area (Å²) >= 11 is 3.31. The highest BCUT2D eigenvalue weighted by atomic mass is 79.9. The Hall–Kier alpha value is -1.82. The van der Waals surface area contributed by atoms with Crippen LogP contribution in [0.4, 0.5) is 21.5 Å². The van der Waals surface area contributed by atoms with E-state index < -0.39 is 0 Å². The second kappa shape index (κ2) is 5.22. The van der Waals surface area contributed by atoms with Gasteiger partial charge in [-0.25, -0.2) is 4.39 Å². The Morgan fingerprint density at radius 1 is 1.39 bits per heavy atom. The van der Waals surface area contributed by atoms with Crippen molar-refractivity contribution in [2.45, 2.75) is 0 Å². The van der Waals surface area contributed by atoms with Crippen LogP contribution in [0.15, 0.2) is 35.1 Å². The summed E-state index contributed by atoms with van der Waals surface area (Å²) in [7, 11) is 1.52. The number of nitrogens with one attached hydrogen (secondary N) is 1. The first-order valence-electron chi connectivity index (χ1n) is 5.11. The molecule has 0 aliphatic heterocycles. The van der Waals surface area contributed by atoms with Crippen LogP contribution < -0.4 is 15.8 Å². The van der Waals surface area contributed by atoms with E-state index in [4.69, 9.17) is 10.5 Å². The Kier molecular flexibility index (Phi) is 3.66. The van der Waals surface area contributed by atoms with Crippen molar-refractivity contribution in [1.82, 2.24) is 4.98 Å². The van der Waals surface area contributed by atoms with Gasteiger partial charge in [-0.15, -0.1) is 0 Å². The number of halogens is 2. The normalized spacial score (nSPS) is 10.2. The second-order valence-corrected chi connectivity index (χ2v) is 4.41. The number of anilines is 3. The minimum atomic E-state index is -0.390. The molecular weight excluding hydrogens is 301 g/mol. The fourth-order valence-electron chi connectivity index (χ4n) is 1.44. The van der Waals surface area contributed by atoms with Crippen LogP contribution in [0.5, 0.6) is 5.75 Å². The number of benzene rings is 1. The molecule has 0 aliphatic rings. The maximum atomic E-state index is 13.7. The standard InChI is InChI=1S/C12H11BrFN3O/c1-18-7-2-3-9(14)11(4-7)17-12-8(13)5-16-6-10(12)15/h2-6H,15H2,1H3,(H,16,17). The van der Waals surface area contributed by atoms with E-state index in [1.54, 1.807) is 18.3 Å². The molecule has 0 saturated heterocycles. The highest BCUT2D eigenvalue weighted by Gasteiger charge is 2.09. The van der Waals surface area contributed by atoms with E-state index in [-0.39, 0.29) is 11.5 Å². The summed E-state index contributed by atoms with van der Waals surface area (Å²) in [6, 6.07) is 4.43. The molecule has 1 heterocycles. The van der Waals surface area contributed by atoms with Gasteiger partial charge in [0.1, 0.15) is 11.6 Å². The first-order chi connectivity index (χ1) is 8.61. The maximum absolute atomic E-state index is 13.7. The molecule has 0 radical (unpaired) electrons. The molecule has 3 N–H and O–H groups in total. The van der Waals surface area contributed by atoms with Crippen molar-refractivity contribution in [1.29, 1.82) is 0 Å². The first-order valence-corrected chi connectivity index (χ1v) is 5.90. The fraction of sp³-hybridized carbons (Fsp3) is 0.0833. The van der Waals surface area contributed by atoms with Crippen LogP contribution in [0.1, 0.15) is 0 Å². The molecule has 0 spiro atoms. The molecule has 2 aromatic rings. The van der Waals surface area contributed by atoms with Gasteiger partial charge < -0.3 is 15.8 Å². The van der Waals surface area contributed by atoms with Crippen molar-refractivity contribution in [3.05, 3.63) is 40.9 Å². The molecule has 0 unspecified atom stereocenters. The van der Waals surface area contributed by atoms with E-state index in [2.05, 4.69) is 26.2 Å². The fourth-order valence-corrected chi connectivity index (χ4v) is 1.89. The molecule has 0 atom stereocenters. The quantitative estimate of drug-likeness (QED) is 0.913. The molecule has 2 rings (SSSR count). The molecule has 94 valence electrons. The van der Waals surface area contributed by atoms with Gasteiger partial charge in [0, 0.05) is 12.3 Å². The Labute approximate surface area is 112 Å². The molecule has 4 nitrogen and oxygen atoms in total. The average Bonchev–Trinajstić information content (AvgIpc) is 2.36. The predicted octanol–water partition coefficient (Wildman–Crippen LogP) is 3.32. The van der Waals surface area contributed by atoms with E-state index in [0.717, 1.165) is 0 Å². The van der Waals surface area contributed by atoms with E-state index in [9.17, 15) is 4.39 Å². The Bertz CT molecular complexity index is 557. The number of aromatic nitrogens is 1. The lowest BCUT2D eigenvalue weighted by atomic mass is 10.2. The summed E-state index contributed by atoms with van der Waals surface area (Å²) in [5, 5.41) is 2.92. The van der Waals surface area contributed by atoms with Crippen molar-refractivity contribution in [2.24, 2.45) is 0 Å². The molecule has 0 fully saturated rings. The third-order valence-corrected chi connectivity index (χ3v) is 2.96. The minimum Gasteiger partial charge on any atom is -0.497 e. The van der Waals surface area contributed by atoms with E-state index in [1.807, 2.05) is 0 Å². The molecular formula is C12H11BrFN3O. The van der Waals surface area contributed by atoms with Crippen LogP contribution >= 0.6 is 15.9 Å². The van der Waals surface area contributed by atoms with Gasteiger partial charge in [0.05, 0.1) is 34.8 Å². The molecule has 0 aliphatic carbocycles.